The first kappa shape index (κ1) is 27.4. The molecule has 0 spiro atoms. The quantitative estimate of drug-likeness (QED) is 0.161. The Morgan fingerprint density at radius 1 is 0.778 bits per heavy atom. The van der Waals surface area contributed by atoms with Gasteiger partial charge in [-0.25, -0.2) is 9.97 Å². The highest BCUT2D eigenvalue weighted by Gasteiger charge is 2.10. The molecule has 0 bridgehead atoms. The van der Waals surface area contributed by atoms with Crippen molar-refractivity contribution in [1.29, 1.82) is 0 Å². The van der Waals surface area contributed by atoms with Crippen LogP contribution in [-0.4, -0.2) is 28.6 Å². The topological polar surface area (TPSA) is 61.3 Å². The molecule has 0 saturated heterocycles. The molecule has 0 aliphatic rings. The molecular formula is C31H40N2O3. The van der Waals surface area contributed by atoms with E-state index in [-0.39, 0.29) is 12.1 Å². The molecule has 0 fully saturated rings. The fourth-order valence-corrected chi connectivity index (χ4v) is 3.97. The number of aromatic nitrogens is 2. The van der Waals surface area contributed by atoms with Crippen LogP contribution in [0, 0.1) is 0 Å². The summed E-state index contributed by atoms with van der Waals surface area (Å²) in [4.78, 5) is 20.9. The normalized spacial score (nSPS) is 11.8. The van der Waals surface area contributed by atoms with Crippen LogP contribution >= 0.6 is 0 Å². The molecule has 36 heavy (non-hydrogen) atoms. The predicted molar refractivity (Wildman–Crippen MR) is 146 cm³/mol. The number of carbonyl (C=O) groups is 1. The molecule has 0 aliphatic carbocycles. The number of hydrogen-bond donors (Lipinski definition) is 0. The molecule has 5 heteroatoms. The van der Waals surface area contributed by atoms with Crippen molar-refractivity contribution >= 4 is 5.97 Å². The van der Waals surface area contributed by atoms with E-state index in [2.05, 4.69) is 48.1 Å². The zero-order valence-electron chi connectivity index (χ0n) is 22.0. The summed E-state index contributed by atoms with van der Waals surface area (Å²) in [5.74, 6) is 1.30. The van der Waals surface area contributed by atoms with E-state index in [0.717, 1.165) is 47.5 Å². The number of aryl methyl sites for hydroxylation is 1. The second-order valence-electron chi connectivity index (χ2n) is 9.40. The van der Waals surface area contributed by atoms with Crippen molar-refractivity contribution in [3.63, 3.8) is 0 Å². The van der Waals surface area contributed by atoms with Crippen molar-refractivity contribution in [1.82, 2.24) is 9.97 Å². The van der Waals surface area contributed by atoms with Gasteiger partial charge in [0.2, 0.25) is 0 Å². The Labute approximate surface area is 216 Å². The molecule has 0 radical (unpaired) electrons. The van der Waals surface area contributed by atoms with Crippen LogP contribution in [0.4, 0.5) is 0 Å². The predicted octanol–water partition coefficient (Wildman–Crippen LogP) is 7.82. The number of unbranched alkanes of at least 4 members (excludes halogenated alkanes) is 5. The van der Waals surface area contributed by atoms with E-state index >= 15 is 0 Å². The average Bonchev–Trinajstić information content (AvgIpc) is 2.91. The number of esters is 1. The summed E-state index contributed by atoms with van der Waals surface area (Å²) < 4.78 is 11.2. The molecule has 0 amide bonds. The minimum atomic E-state index is -0.283. The third kappa shape index (κ3) is 9.10. The van der Waals surface area contributed by atoms with Crippen molar-refractivity contribution < 1.29 is 14.3 Å². The van der Waals surface area contributed by atoms with Crippen LogP contribution in [0.2, 0.25) is 0 Å². The summed E-state index contributed by atoms with van der Waals surface area (Å²) in [5.41, 5.74) is 4.38. The van der Waals surface area contributed by atoms with Gasteiger partial charge in [-0.05, 0) is 49.4 Å². The van der Waals surface area contributed by atoms with Gasteiger partial charge in [0, 0.05) is 29.9 Å². The van der Waals surface area contributed by atoms with E-state index in [1.807, 2.05) is 43.6 Å². The fourth-order valence-electron chi connectivity index (χ4n) is 3.97. The molecule has 0 aliphatic heterocycles. The van der Waals surface area contributed by atoms with Crippen LogP contribution in [0.15, 0.2) is 60.9 Å². The number of carbonyl (C=O) groups excluding carboxylic acids is 1. The van der Waals surface area contributed by atoms with Crippen molar-refractivity contribution in [3.05, 3.63) is 66.5 Å². The largest absolute Gasteiger partial charge is 0.490 e. The van der Waals surface area contributed by atoms with Crippen LogP contribution in [0.5, 0.6) is 5.75 Å². The Morgan fingerprint density at radius 3 is 2.08 bits per heavy atom. The summed E-state index contributed by atoms with van der Waals surface area (Å²) >= 11 is 0. The second kappa shape index (κ2) is 15.0. The highest BCUT2D eigenvalue weighted by atomic mass is 16.6. The maximum absolute atomic E-state index is 11.7. The Kier molecular flexibility index (Phi) is 11.4. The zero-order valence-corrected chi connectivity index (χ0v) is 22.0. The molecule has 1 heterocycles. The van der Waals surface area contributed by atoms with E-state index in [4.69, 9.17) is 9.47 Å². The van der Waals surface area contributed by atoms with Crippen molar-refractivity contribution in [3.8, 4) is 28.3 Å². The van der Waals surface area contributed by atoms with Gasteiger partial charge in [-0.3, -0.25) is 4.79 Å². The molecule has 1 unspecified atom stereocenters. The highest BCUT2D eigenvalue weighted by molar-refractivity contribution is 5.69. The van der Waals surface area contributed by atoms with E-state index in [9.17, 15) is 4.79 Å². The molecule has 0 N–H and O–H groups in total. The number of benzene rings is 2. The van der Waals surface area contributed by atoms with E-state index in [0.29, 0.717) is 13.0 Å². The molecule has 0 saturated carbocycles. The minimum Gasteiger partial charge on any atom is -0.490 e. The van der Waals surface area contributed by atoms with Crippen molar-refractivity contribution in [2.75, 3.05) is 6.61 Å². The van der Waals surface area contributed by atoms with Crippen LogP contribution < -0.4 is 4.74 Å². The maximum atomic E-state index is 11.7. The molecule has 192 valence electrons. The highest BCUT2D eigenvalue weighted by Crippen LogP contribution is 2.23. The SMILES string of the molecule is CCCCCCCc1ccc(-c2ncc(-c3ccc(OCC(C)OC(=O)CCCC)cc3)cn2)cc1. The van der Waals surface area contributed by atoms with Crippen LogP contribution in [0.3, 0.4) is 0 Å². The lowest BCUT2D eigenvalue weighted by Gasteiger charge is -2.14. The first-order valence-corrected chi connectivity index (χ1v) is 13.4. The monoisotopic (exact) mass is 488 g/mol. The van der Waals surface area contributed by atoms with Gasteiger partial charge in [-0.15, -0.1) is 0 Å². The zero-order chi connectivity index (χ0) is 25.6. The third-order valence-electron chi connectivity index (χ3n) is 6.17. The Morgan fingerprint density at radius 2 is 1.42 bits per heavy atom. The smallest absolute Gasteiger partial charge is 0.306 e. The van der Waals surface area contributed by atoms with Gasteiger partial charge in [-0.1, -0.05) is 82.3 Å². The van der Waals surface area contributed by atoms with Gasteiger partial charge >= 0.3 is 5.97 Å². The maximum Gasteiger partial charge on any atom is 0.306 e. The van der Waals surface area contributed by atoms with Crippen molar-refractivity contribution in [2.24, 2.45) is 0 Å². The number of rotatable bonds is 15. The van der Waals surface area contributed by atoms with Gasteiger partial charge in [0.25, 0.3) is 0 Å². The number of nitrogens with zero attached hydrogens (tertiary/aromatic N) is 2. The Hall–Kier alpha value is -3.21. The van der Waals surface area contributed by atoms with Gasteiger partial charge in [0.1, 0.15) is 18.5 Å². The van der Waals surface area contributed by atoms with Gasteiger partial charge in [-0.2, -0.15) is 0 Å². The number of ether oxygens (including phenoxy) is 2. The summed E-state index contributed by atoms with van der Waals surface area (Å²) in [6.45, 7) is 6.48. The molecule has 2 aromatic carbocycles. The average molecular weight is 489 g/mol. The first-order chi connectivity index (χ1) is 17.6. The van der Waals surface area contributed by atoms with Gasteiger partial charge < -0.3 is 9.47 Å². The second-order valence-corrected chi connectivity index (χ2v) is 9.40. The lowest BCUT2D eigenvalue weighted by molar-refractivity contribution is -0.149. The molecule has 5 nitrogen and oxygen atoms in total. The lowest BCUT2D eigenvalue weighted by Crippen LogP contribution is -2.21. The Balaban J connectivity index is 1.49. The number of hydrogen-bond acceptors (Lipinski definition) is 5. The molecule has 3 aromatic rings. The molecule has 3 rings (SSSR count). The molecular weight excluding hydrogens is 448 g/mol. The van der Waals surface area contributed by atoms with Gasteiger partial charge in [0.05, 0.1) is 0 Å². The summed E-state index contributed by atoms with van der Waals surface area (Å²) in [7, 11) is 0. The van der Waals surface area contributed by atoms with E-state index in [1.165, 1.54) is 37.7 Å². The summed E-state index contributed by atoms with van der Waals surface area (Å²) in [6.07, 6.45) is 13.4. The summed E-state index contributed by atoms with van der Waals surface area (Å²) in [6, 6.07) is 16.4. The fraction of sp³-hybridized carbons (Fsp3) is 0.452. The summed E-state index contributed by atoms with van der Waals surface area (Å²) in [5, 5.41) is 0. The molecule has 1 atom stereocenters. The van der Waals surface area contributed by atoms with E-state index < -0.39 is 0 Å². The van der Waals surface area contributed by atoms with Crippen LogP contribution in [-0.2, 0) is 16.0 Å². The van der Waals surface area contributed by atoms with E-state index in [1.54, 1.807) is 0 Å². The standard InChI is InChI=1S/C31H40N2O3/c1-4-6-8-9-10-11-25-13-15-27(16-14-25)31-32-21-28(22-33-31)26-17-19-29(20-18-26)35-23-24(3)36-30(34)12-7-5-2/h13-22,24H,4-12,23H2,1-3H3. The minimum absolute atomic E-state index is 0.166. The van der Waals surface area contributed by atoms with Crippen molar-refractivity contribution in [2.45, 2.75) is 84.7 Å². The Bertz CT molecular complexity index is 1030. The van der Waals surface area contributed by atoms with Crippen LogP contribution in [0.1, 0.15) is 77.7 Å². The first-order valence-electron chi connectivity index (χ1n) is 13.4. The lowest BCUT2D eigenvalue weighted by atomic mass is 10.0. The van der Waals surface area contributed by atoms with Crippen LogP contribution in [0.25, 0.3) is 22.5 Å². The van der Waals surface area contributed by atoms with Gasteiger partial charge in [0.15, 0.2) is 5.82 Å². The third-order valence-corrected chi connectivity index (χ3v) is 6.17. The molecule has 1 aromatic heterocycles.